The number of rotatable bonds is 3. The van der Waals surface area contributed by atoms with Gasteiger partial charge in [0, 0.05) is 44.7 Å². The standard InChI is InChI=1S/C43H26N4/c1-2-17-32-27(10-1)23-24-38-40(32)34-19-6-11-28-12-8-22-37(39(28)34)47(38)31-16-5-14-30(26-31)43-45-36-21-4-3-18-33(36)42(46-43)35-20-7-13-29-15-9-25-44-41(29)35/h1-26H. The second kappa shape index (κ2) is 10.1. The minimum Gasteiger partial charge on any atom is -0.309 e. The molecular weight excluding hydrogens is 573 g/mol. The minimum absolute atomic E-state index is 0.683. The summed E-state index contributed by atoms with van der Waals surface area (Å²) in [5, 5.41) is 7.06. The average Bonchev–Trinajstić information content (AvgIpc) is 3.14. The van der Waals surface area contributed by atoms with Crippen LogP contribution in [0.4, 0.5) is 17.1 Å². The van der Waals surface area contributed by atoms with E-state index in [0.717, 1.165) is 50.0 Å². The predicted octanol–water partition coefficient (Wildman–Crippen LogP) is 11.3. The Bertz CT molecular complexity index is 2700. The smallest absolute Gasteiger partial charge is 0.160 e. The molecule has 0 radical (unpaired) electrons. The molecule has 0 fully saturated rings. The number of anilines is 3. The van der Waals surface area contributed by atoms with E-state index in [1.165, 1.54) is 38.4 Å². The largest absolute Gasteiger partial charge is 0.309 e. The molecule has 0 amide bonds. The number of pyridine rings is 1. The van der Waals surface area contributed by atoms with Crippen LogP contribution in [0.5, 0.6) is 0 Å². The second-order valence-corrected chi connectivity index (χ2v) is 12.0. The summed E-state index contributed by atoms with van der Waals surface area (Å²) in [7, 11) is 0. The van der Waals surface area contributed by atoms with E-state index in [1.807, 2.05) is 24.4 Å². The molecule has 9 aromatic rings. The van der Waals surface area contributed by atoms with E-state index in [9.17, 15) is 0 Å². The summed E-state index contributed by atoms with van der Waals surface area (Å²) in [6, 6.07) is 53.6. The molecule has 47 heavy (non-hydrogen) atoms. The summed E-state index contributed by atoms with van der Waals surface area (Å²) in [5.41, 5.74) is 10.6. The lowest BCUT2D eigenvalue weighted by Crippen LogP contribution is -2.15. The van der Waals surface area contributed by atoms with Crippen molar-refractivity contribution in [3.8, 4) is 33.8 Å². The molecule has 2 aromatic heterocycles. The Morgan fingerprint density at radius 1 is 0.489 bits per heavy atom. The van der Waals surface area contributed by atoms with E-state index in [1.54, 1.807) is 0 Å². The summed E-state index contributed by atoms with van der Waals surface area (Å²) < 4.78 is 0. The molecular formula is C43H26N4. The van der Waals surface area contributed by atoms with Gasteiger partial charge in [0.1, 0.15) is 0 Å². The molecule has 218 valence electrons. The van der Waals surface area contributed by atoms with Crippen molar-refractivity contribution >= 4 is 60.4 Å². The van der Waals surface area contributed by atoms with Crippen LogP contribution in [0.1, 0.15) is 0 Å². The topological polar surface area (TPSA) is 41.9 Å². The summed E-state index contributed by atoms with van der Waals surface area (Å²) in [6.45, 7) is 0. The summed E-state index contributed by atoms with van der Waals surface area (Å²) >= 11 is 0. The normalized spacial score (nSPS) is 12.2. The van der Waals surface area contributed by atoms with Crippen molar-refractivity contribution in [1.82, 2.24) is 15.0 Å². The summed E-state index contributed by atoms with van der Waals surface area (Å²) in [5.74, 6) is 0.683. The van der Waals surface area contributed by atoms with Crippen LogP contribution in [0.2, 0.25) is 0 Å². The van der Waals surface area contributed by atoms with Crippen molar-refractivity contribution in [2.24, 2.45) is 0 Å². The van der Waals surface area contributed by atoms with E-state index in [0.29, 0.717) is 5.82 Å². The zero-order valence-corrected chi connectivity index (χ0v) is 25.3. The molecule has 10 rings (SSSR count). The fraction of sp³-hybridized carbons (Fsp3) is 0. The molecule has 0 saturated heterocycles. The number of fused-ring (bicyclic) bond motifs is 6. The molecule has 3 heterocycles. The third-order valence-corrected chi connectivity index (χ3v) is 9.39. The molecule has 7 aromatic carbocycles. The third kappa shape index (κ3) is 3.92. The predicted molar refractivity (Wildman–Crippen MR) is 194 cm³/mol. The molecule has 0 aliphatic carbocycles. The van der Waals surface area contributed by atoms with Gasteiger partial charge < -0.3 is 4.90 Å². The molecule has 0 saturated carbocycles. The first-order valence-corrected chi connectivity index (χ1v) is 15.9. The lowest BCUT2D eigenvalue weighted by atomic mass is 9.87. The zero-order valence-electron chi connectivity index (χ0n) is 25.3. The van der Waals surface area contributed by atoms with Gasteiger partial charge in [0.25, 0.3) is 0 Å². The Morgan fingerprint density at radius 3 is 2.17 bits per heavy atom. The van der Waals surface area contributed by atoms with Crippen LogP contribution in [0.15, 0.2) is 158 Å². The van der Waals surface area contributed by atoms with Gasteiger partial charge in [-0.1, -0.05) is 115 Å². The van der Waals surface area contributed by atoms with Crippen LogP contribution in [0.3, 0.4) is 0 Å². The first-order chi connectivity index (χ1) is 23.3. The van der Waals surface area contributed by atoms with Gasteiger partial charge in [0.2, 0.25) is 0 Å². The highest BCUT2D eigenvalue weighted by Gasteiger charge is 2.27. The number of para-hydroxylation sites is 2. The van der Waals surface area contributed by atoms with Crippen molar-refractivity contribution in [1.29, 1.82) is 0 Å². The Balaban J connectivity index is 1.21. The first kappa shape index (κ1) is 25.9. The van der Waals surface area contributed by atoms with Crippen LogP contribution in [0.25, 0.3) is 77.1 Å². The van der Waals surface area contributed by atoms with Crippen molar-refractivity contribution < 1.29 is 0 Å². The van der Waals surface area contributed by atoms with Gasteiger partial charge in [-0.15, -0.1) is 0 Å². The lowest BCUT2D eigenvalue weighted by Gasteiger charge is -2.34. The molecule has 0 bridgehead atoms. The molecule has 0 unspecified atom stereocenters. The van der Waals surface area contributed by atoms with E-state index >= 15 is 0 Å². The van der Waals surface area contributed by atoms with E-state index in [4.69, 9.17) is 15.0 Å². The van der Waals surface area contributed by atoms with Gasteiger partial charge in [-0.05, 0) is 58.1 Å². The van der Waals surface area contributed by atoms with Crippen molar-refractivity contribution in [2.75, 3.05) is 4.90 Å². The average molecular weight is 599 g/mol. The number of benzene rings is 7. The lowest BCUT2D eigenvalue weighted by molar-refractivity contribution is 1.22. The molecule has 4 nitrogen and oxygen atoms in total. The molecule has 0 atom stereocenters. The van der Waals surface area contributed by atoms with Gasteiger partial charge in [-0.3, -0.25) is 4.98 Å². The van der Waals surface area contributed by atoms with E-state index in [-0.39, 0.29) is 0 Å². The number of hydrogen-bond donors (Lipinski definition) is 0. The van der Waals surface area contributed by atoms with Crippen molar-refractivity contribution in [3.05, 3.63) is 158 Å². The van der Waals surface area contributed by atoms with Crippen LogP contribution in [-0.2, 0) is 0 Å². The highest BCUT2D eigenvalue weighted by atomic mass is 15.2. The van der Waals surface area contributed by atoms with Gasteiger partial charge in [-0.2, -0.15) is 0 Å². The highest BCUT2D eigenvalue weighted by molar-refractivity contribution is 6.19. The fourth-order valence-electron chi connectivity index (χ4n) is 7.34. The van der Waals surface area contributed by atoms with Gasteiger partial charge in [0.15, 0.2) is 5.82 Å². The molecule has 0 N–H and O–H groups in total. The van der Waals surface area contributed by atoms with Gasteiger partial charge in [0.05, 0.1) is 28.1 Å². The second-order valence-electron chi connectivity index (χ2n) is 12.0. The number of nitrogens with zero attached hydrogens (tertiary/aromatic N) is 4. The van der Waals surface area contributed by atoms with E-state index < -0.39 is 0 Å². The Morgan fingerprint density at radius 2 is 1.23 bits per heavy atom. The van der Waals surface area contributed by atoms with Crippen LogP contribution >= 0.6 is 0 Å². The molecule has 4 heteroatoms. The van der Waals surface area contributed by atoms with Gasteiger partial charge >= 0.3 is 0 Å². The molecule has 0 spiro atoms. The monoisotopic (exact) mass is 598 g/mol. The van der Waals surface area contributed by atoms with Crippen molar-refractivity contribution in [2.45, 2.75) is 0 Å². The maximum Gasteiger partial charge on any atom is 0.160 e. The fourth-order valence-corrected chi connectivity index (χ4v) is 7.34. The molecule has 1 aliphatic heterocycles. The minimum atomic E-state index is 0.683. The first-order valence-electron chi connectivity index (χ1n) is 15.9. The van der Waals surface area contributed by atoms with Crippen LogP contribution < -0.4 is 4.90 Å². The van der Waals surface area contributed by atoms with Crippen LogP contribution in [0, 0.1) is 0 Å². The quantitative estimate of drug-likeness (QED) is 0.203. The summed E-state index contributed by atoms with van der Waals surface area (Å²) in [6.07, 6.45) is 1.85. The van der Waals surface area contributed by atoms with E-state index in [2.05, 4.69) is 138 Å². The highest BCUT2D eigenvalue weighted by Crippen LogP contribution is 2.53. The van der Waals surface area contributed by atoms with Gasteiger partial charge in [-0.25, -0.2) is 9.97 Å². The third-order valence-electron chi connectivity index (χ3n) is 9.39. The van der Waals surface area contributed by atoms with Crippen LogP contribution in [-0.4, -0.2) is 15.0 Å². The maximum absolute atomic E-state index is 5.27. The number of hydrogen-bond acceptors (Lipinski definition) is 4. The zero-order chi connectivity index (χ0) is 30.9. The number of aromatic nitrogens is 3. The summed E-state index contributed by atoms with van der Waals surface area (Å²) in [4.78, 5) is 17.5. The maximum atomic E-state index is 5.27. The Hall–Kier alpha value is -6.39. The van der Waals surface area contributed by atoms with Crippen molar-refractivity contribution in [3.63, 3.8) is 0 Å². The SMILES string of the molecule is c1cc(-c2nc(-c3cccc4cccnc34)c3ccccc3n2)cc(N2c3ccc4ccccc4c3-c3cccc4cccc2c34)c1. The Kier molecular flexibility index (Phi) is 5.54. The molecule has 1 aliphatic rings. The Labute approximate surface area is 271 Å².